The van der Waals surface area contributed by atoms with E-state index in [0.29, 0.717) is 5.92 Å². The molecular weight excluding hydrogens is 302 g/mol. The number of nitrogens with zero attached hydrogens (tertiary/aromatic N) is 1. The summed E-state index contributed by atoms with van der Waals surface area (Å²) in [6.45, 7) is 0. The minimum absolute atomic E-state index is 0.297. The largest absolute Gasteiger partial charge is 0.252 e. The highest BCUT2D eigenvalue weighted by molar-refractivity contribution is 6.04. The number of pyridine rings is 1. The molecule has 0 aliphatic heterocycles. The van der Waals surface area contributed by atoms with Crippen LogP contribution >= 0.6 is 0 Å². The molecule has 0 atom stereocenters. The van der Waals surface area contributed by atoms with Gasteiger partial charge in [-0.25, -0.2) is 0 Å². The molecule has 0 saturated heterocycles. The lowest BCUT2D eigenvalue weighted by atomic mass is 9.95. The van der Waals surface area contributed by atoms with Gasteiger partial charge < -0.3 is 0 Å². The van der Waals surface area contributed by atoms with E-state index in [1.54, 1.807) is 0 Å². The molecule has 1 heteroatoms. The van der Waals surface area contributed by atoms with Crippen LogP contribution in [0.25, 0.3) is 32.8 Å². The second kappa shape index (κ2) is 5.71. The fourth-order valence-corrected chi connectivity index (χ4v) is 3.68. The molecule has 118 valence electrons. The third kappa shape index (κ3) is 2.36. The molecular formula is C24H17N. The molecule has 1 nitrogen and oxygen atoms in total. The van der Waals surface area contributed by atoms with Gasteiger partial charge in [-0.3, -0.25) is 4.98 Å². The molecule has 3 aromatic carbocycles. The summed E-state index contributed by atoms with van der Waals surface area (Å²) in [7, 11) is 0. The van der Waals surface area contributed by atoms with Gasteiger partial charge in [0.2, 0.25) is 0 Å². The lowest BCUT2D eigenvalue weighted by Gasteiger charge is -2.12. The van der Waals surface area contributed by atoms with Crippen molar-refractivity contribution in [1.29, 1.82) is 0 Å². The second-order valence-corrected chi connectivity index (χ2v) is 6.43. The van der Waals surface area contributed by atoms with Crippen molar-refractivity contribution in [1.82, 2.24) is 4.98 Å². The number of hydrogen-bond donors (Lipinski definition) is 0. The van der Waals surface area contributed by atoms with Gasteiger partial charge in [-0.1, -0.05) is 85.0 Å². The minimum atomic E-state index is 0.297. The summed E-state index contributed by atoms with van der Waals surface area (Å²) in [5.41, 5.74) is 4.66. The number of allylic oxidation sites excluding steroid dienone is 4. The molecule has 0 fully saturated rings. The van der Waals surface area contributed by atoms with Crippen molar-refractivity contribution in [3.8, 4) is 11.1 Å². The van der Waals surface area contributed by atoms with E-state index in [1.807, 2.05) is 0 Å². The van der Waals surface area contributed by atoms with Gasteiger partial charge in [0.05, 0.1) is 11.2 Å². The molecule has 0 spiro atoms. The second-order valence-electron chi connectivity index (χ2n) is 6.43. The molecule has 5 rings (SSSR count). The Hall–Kier alpha value is -3.19. The van der Waals surface area contributed by atoms with Crippen LogP contribution < -0.4 is 0 Å². The van der Waals surface area contributed by atoms with Gasteiger partial charge >= 0.3 is 0 Å². The molecule has 0 radical (unpaired) electrons. The van der Waals surface area contributed by atoms with Gasteiger partial charge in [0.15, 0.2) is 0 Å². The number of aromatic nitrogens is 1. The average Bonchev–Trinajstić information content (AvgIpc) is 3.21. The topological polar surface area (TPSA) is 12.9 Å². The Morgan fingerprint density at radius 2 is 1.32 bits per heavy atom. The van der Waals surface area contributed by atoms with E-state index in [9.17, 15) is 0 Å². The van der Waals surface area contributed by atoms with Crippen LogP contribution in [0.15, 0.2) is 97.1 Å². The van der Waals surface area contributed by atoms with Crippen molar-refractivity contribution in [3.63, 3.8) is 0 Å². The van der Waals surface area contributed by atoms with E-state index in [2.05, 4.69) is 97.1 Å². The first-order chi connectivity index (χ1) is 12.4. The van der Waals surface area contributed by atoms with Crippen molar-refractivity contribution in [2.24, 2.45) is 0 Å². The van der Waals surface area contributed by atoms with Crippen LogP contribution in [-0.4, -0.2) is 4.98 Å². The van der Waals surface area contributed by atoms with Crippen LogP contribution in [0.3, 0.4) is 0 Å². The summed E-state index contributed by atoms with van der Waals surface area (Å²) in [5, 5.41) is 3.75. The molecule has 0 saturated carbocycles. The zero-order valence-corrected chi connectivity index (χ0v) is 13.8. The summed E-state index contributed by atoms with van der Waals surface area (Å²) < 4.78 is 0. The molecule has 0 amide bonds. The highest BCUT2D eigenvalue weighted by atomic mass is 14.7. The lowest BCUT2D eigenvalue weighted by molar-refractivity contribution is 1.03. The molecule has 1 heterocycles. The van der Waals surface area contributed by atoms with Gasteiger partial charge in [0.1, 0.15) is 0 Å². The number of rotatable bonds is 2. The van der Waals surface area contributed by atoms with E-state index < -0.39 is 0 Å². The monoisotopic (exact) mass is 319 g/mol. The van der Waals surface area contributed by atoms with Crippen LogP contribution in [0.5, 0.6) is 0 Å². The summed E-state index contributed by atoms with van der Waals surface area (Å²) in [6.07, 6.45) is 8.54. The number of hydrogen-bond acceptors (Lipinski definition) is 1. The van der Waals surface area contributed by atoms with Crippen LogP contribution in [0.4, 0.5) is 0 Å². The summed E-state index contributed by atoms with van der Waals surface area (Å²) >= 11 is 0. The molecule has 0 unspecified atom stereocenters. The average molecular weight is 319 g/mol. The molecule has 1 aromatic heterocycles. The quantitative estimate of drug-likeness (QED) is 0.424. The van der Waals surface area contributed by atoms with Gasteiger partial charge in [0.25, 0.3) is 0 Å². The Labute approximate surface area is 147 Å². The summed E-state index contributed by atoms with van der Waals surface area (Å²) in [5.74, 6) is 0.297. The highest BCUT2D eigenvalue weighted by Gasteiger charge is 2.12. The van der Waals surface area contributed by atoms with Crippen LogP contribution in [0, 0.1) is 0 Å². The van der Waals surface area contributed by atoms with E-state index in [1.165, 1.54) is 27.3 Å². The normalized spacial score (nSPS) is 13.9. The SMILES string of the molecule is C1=CC(c2ccc3c(-c4cccc5ccccc45)cccc3n2)C=C1. The fourth-order valence-electron chi connectivity index (χ4n) is 3.68. The Morgan fingerprint density at radius 3 is 2.20 bits per heavy atom. The third-order valence-electron chi connectivity index (χ3n) is 4.92. The van der Waals surface area contributed by atoms with Gasteiger partial charge in [-0.15, -0.1) is 0 Å². The molecule has 4 aromatic rings. The zero-order chi connectivity index (χ0) is 16.6. The molecule has 25 heavy (non-hydrogen) atoms. The smallest absolute Gasteiger partial charge is 0.0711 e. The Bertz CT molecular complexity index is 1130. The number of fused-ring (bicyclic) bond motifs is 2. The van der Waals surface area contributed by atoms with Crippen molar-refractivity contribution in [3.05, 3.63) is 103 Å². The molecule has 0 N–H and O–H groups in total. The van der Waals surface area contributed by atoms with Crippen molar-refractivity contribution >= 4 is 21.7 Å². The van der Waals surface area contributed by atoms with E-state index in [-0.39, 0.29) is 0 Å². The predicted octanol–water partition coefficient (Wildman–Crippen LogP) is 6.26. The first-order valence-corrected chi connectivity index (χ1v) is 8.63. The Morgan fingerprint density at radius 1 is 0.600 bits per heavy atom. The van der Waals surface area contributed by atoms with E-state index in [0.717, 1.165) is 11.2 Å². The number of benzene rings is 3. The lowest BCUT2D eigenvalue weighted by Crippen LogP contribution is -1.95. The van der Waals surface area contributed by atoms with E-state index >= 15 is 0 Å². The Balaban J connectivity index is 1.73. The molecule has 0 bridgehead atoms. The standard InChI is InChI=1S/C24H17N/c1-2-9-18(8-1)23-16-15-22-21(13-6-14-24(22)25-23)20-12-5-10-17-7-3-4-11-19(17)20/h1-16,18H. The maximum Gasteiger partial charge on any atom is 0.0711 e. The first kappa shape index (κ1) is 14.2. The van der Waals surface area contributed by atoms with E-state index in [4.69, 9.17) is 4.98 Å². The highest BCUT2D eigenvalue weighted by Crippen LogP contribution is 2.34. The van der Waals surface area contributed by atoms with Crippen molar-refractivity contribution in [2.75, 3.05) is 0 Å². The Kier molecular flexibility index (Phi) is 3.24. The first-order valence-electron chi connectivity index (χ1n) is 8.63. The molecule has 1 aliphatic rings. The molecule has 1 aliphatic carbocycles. The third-order valence-corrected chi connectivity index (χ3v) is 4.92. The maximum atomic E-state index is 4.92. The minimum Gasteiger partial charge on any atom is -0.252 e. The summed E-state index contributed by atoms with van der Waals surface area (Å²) in [4.78, 5) is 4.92. The fraction of sp³-hybridized carbons (Fsp3) is 0.0417. The van der Waals surface area contributed by atoms with Gasteiger partial charge in [-0.05, 0) is 34.0 Å². The summed E-state index contributed by atoms with van der Waals surface area (Å²) in [6, 6.07) is 25.8. The van der Waals surface area contributed by atoms with Gasteiger partial charge in [-0.2, -0.15) is 0 Å². The predicted molar refractivity (Wildman–Crippen MR) is 106 cm³/mol. The van der Waals surface area contributed by atoms with Crippen LogP contribution in [-0.2, 0) is 0 Å². The zero-order valence-electron chi connectivity index (χ0n) is 13.8. The van der Waals surface area contributed by atoms with Gasteiger partial charge in [0, 0.05) is 11.3 Å². The maximum absolute atomic E-state index is 4.92. The van der Waals surface area contributed by atoms with Crippen LogP contribution in [0.2, 0.25) is 0 Å². The van der Waals surface area contributed by atoms with Crippen molar-refractivity contribution < 1.29 is 0 Å². The van der Waals surface area contributed by atoms with Crippen molar-refractivity contribution in [2.45, 2.75) is 5.92 Å². The van der Waals surface area contributed by atoms with Crippen LogP contribution in [0.1, 0.15) is 11.6 Å².